The molecule has 7 heteroatoms. The third-order valence-corrected chi connectivity index (χ3v) is 6.18. The smallest absolute Gasteiger partial charge is 0.243 e. The first kappa shape index (κ1) is 16.9. The van der Waals surface area contributed by atoms with Crippen LogP contribution in [-0.2, 0) is 23.6 Å². The molecule has 1 fully saturated rings. The first-order valence-electron chi connectivity index (χ1n) is 7.81. The molecule has 24 heavy (non-hydrogen) atoms. The van der Waals surface area contributed by atoms with Gasteiger partial charge in [0.25, 0.3) is 0 Å². The number of sulfonamides is 1. The number of aryl methyl sites for hydroxylation is 1. The van der Waals surface area contributed by atoms with Gasteiger partial charge in [0.05, 0.1) is 25.7 Å². The lowest BCUT2D eigenvalue weighted by molar-refractivity contribution is 0.353. The van der Waals surface area contributed by atoms with Crippen molar-refractivity contribution in [2.24, 2.45) is 7.05 Å². The number of ether oxygens (including phenoxy) is 2. The van der Waals surface area contributed by atoms with Gasteiger partial charge in [-0.3, -0.25) is 0 Å². The fraction of sp³-hybridized carbons (Fsp3) is 0.412. The lowest BCUT2D eigenvalue weighted by Gasteiger charge is -2.23. The largest absolute Gasteiger partial charge is 0.493 e. The van der Waals surface area contributed by atoms with Gasteiger partial charge in [-0.2, -0.15) is 4.31 Å². The van der Waals surface area contributed by atoms with Crippen molar-refractivity contribution in [1.82, 2.24) is 8.87 Å². The fourth-order valence-electron chi connectivity index (χ4n) is 2.71. The molecule has 0 spiro atoms. The highest BCUT2D eigenvalue weighted by atomic mass is 32.2. The molecule has 0 amide bonds. The van der Waals surface area contributed by atoms with E-state index in [1.54, 1.807) is 16.4 Å². The summed E-state index contributed by atoms with van der Waals surface area (Å²) < 4.78 is 40.2. The van der Waals surface area contributed by atoms with Gasteiger partial charge in [0.15, 0.2) is 11.5 Å². The number of nitrogens with zero attached hydrogens (tertiary/aromatic N) is 2. The van der Waals surface area contributed by atoms with E-state index in [9.17, 15) is 8.42 Å². The van der Waals surface area contributed by atoms with Crippen LogP contribution in [0.3, 0.4) is 0 Å². The Labute approximate surface area is 142 Å². The second kappa shape index (κ2) is 6.49. The van der Waals surface area contributed by atoms with E-state index in [1.165, 1.54) is 20.3 Å². The first-order valence-corrected chi connectivity index (χ1v) is 9.25. The van der Waals surface area contributed by atoms with Crippen LogP contribution >= 0.6 is 0 Å². The maximum atomic E-state index is 13.1. The average molecular weight is 350 g/mol. The van der Waals surface area contributed by atoms with Crippen molar-refractivity contribution in [3.63, 3.8) is 0 Å². The van der Waals surface area contributed by atoms with Gasteiger partial charge in [-0.1, -0.05) is 0 Å². The predicted molar refractivity (Wildman–Crippen MR) is 90.7 cm³/mol. The molecule has 0 bridgehead atoms. The average Bonchev–Trinajstić information content (AvgIpc) is 3.34. The maximum Gasteiger partial charge on any atom is 0.243 e. The van der Waals surface area contributed by atoms with Gasteiger partial charge in [-0.15, -0.1) is 0 Å². The van der Waals surface area contributed by atoms with Crippen molar-refractivity contribution in [1.29, 1.82) is 0 Å². The van der Waals surface area contributed by atoms with Crippen LogP contribution in [0.5, 0.6) is 11.5 Å². The molecule has 1 aliphatic rings. The SMILES string of the molecule is COc1ccc(S(=O)(=O)N(Cc2cccn2C)C2CC2)cc1OC. The molecular formula is C17H22N2O4S. The van der Waals surface area contributed by atoms with Gasteiger partial charge in [0, 0.05) is 31.0 Å². The molecule has 0 radical (unpaired) electrons. The molecule has 3 rings (SSSR count). The van der Waals surface area contributed by atoms with Crippen LogP contribution < -0.4 is 9.47 Å². The highest BCUT2D eigenvalue weighted by molar-refractivity contribution is 7.89. The summed E-state index contributed by atoms with van der Waals surface area (Å²) in [5.41, 5.74) is 0.964. The maximum absolute atomic E-state index is 13.1. The Bertz CT molecular complexity index is 825. The Hall–Kier alpha value is -1.99. The molecule has 1 aromatic heterocycles. The number of aromatic nitrogens is 1. The van der Waals surface area contributed by atoms with Gasteiger partial charge in [0.1, 0.15) is 0 Å². The molecule has 0 saturated heterocycles. The summed E-state index contributed by atoms with van der Waals surface area (Å²) in [6, 6.07) is 8.64. The van der Waals surface area contributed by atoms with Gasteiger partial charge in [-0.25, -0.2) is 8.42 Å². The summed E-state index contributed by atoms with van der Waals surface area (Å²) in [6.45, 7) is 0.366. The summed E-state index contributed by atoms with van der Waals surface area (Å²) in [7, 11) is 1.34. The predicted octanol–water partition coefficient (Wildman–Crippen LogP) is 2.40. The summed E-state index contributed by atoms with van der Waals surface area (Å²) in [6.07, 6.45) is 3.72. The third-order valence-electron chi connectivity index (χ3n) is 4.28. The zero-order valence-electron chi connectivity index (χ0n) is 14.1. The van der Waals surface area contributed by atoms with Crippen LogP contribution in [0.2, 0.25) is 0 Å². The van der Waals surface area contributed by atoms with E-state index in [-0.39, 0.29) is 10.9 Å². The molecule has 130 valence electrons. The van der Waals surface area contributed by atoms with Crippen LogP contribution in [-0.4, -0.2) is 37.6 Å². The quantitative estimate of drug-likeness (QED) is 0.769. The summed E-state index contributed by atoms with van der Waals surface area (Å²) in [5, 5.41) is 0. The zero-order chi connectivity index (χ0) is 17.3. The molecule has 1 saturated carbocycles. The van der Waals surface area contributed by atoms with E-state index >= 15 is 0 Å². The standard InChI is InChI=1S/C17H22N2O4S/c1-18-10-4-5-14(18)12-19(13-6-7-13)24(20,21)15-8-9-16(22-2)17(11-15)23-3/h4-5,8-11,13H,6-7,12H2,1-3H3. The molecule has 6 nitrogen and oxygen atoms in total. The summed E-state index contributed by atoms with van der Waals surface area (Å²) in [5.74, 6) is 0.921. The van der Waals surface area contributed by atoms with E-state index in [0.29, 0.717) is 18.0 Å². The number of rotatable bonds is 7. The lowest BCUT2D eigenvalue weighted by Crippen LogP contribution is -2.33. The summed E-state index contributed by atoms with van der Waals surface area (Å²) in [4.78, 5) is 0.223. The Morgan fingerprint density at radius 1 is 1.17 bits per heavy atom. The van der Waals surface area contributed by atoms with E-state index in [4.69, 9.17) is 9.47 Å². The molecule has 1 aromatic carbocycles. The Morgan fingerprint density at radius 3 is 2.42 bits per heavy atom. The van der Waals surface area contributed by atoms with Gasteiger partial charge < -0.3 is 14.0 Å². The number of hydrogen-bond acceptors (Lipinski definition) is 4. The van der Waals surface area contributed by atoms with Crippen molar-refractivity contribution in [2.75, 3.05) is 14.2 Å². The number of methoxy groups -OCH3 is 2. The number of hydrogen-bond donors (Lipinski definition) is 0. The van der Waals surface area contributed by atoms with Crippen LogP contribution in [0.1, 0.15) is 18.5 Å². The lowest BCUT2D eigenvalue weighted by atomic mass is 10.3. The topological polar surface area (TPSA) is 60.8 Å². The fourth-order valence-corrected chi connectivity index (χ4v) is 4.38. The van der Waals surface area contributed by atoms with Crippen LogP contribution in [0.25, 0.3) is 0 Å². The molecule has 0 atom stereocenters. The molecule has 1 aliphatic carbocycles. The monoisotopic (exact) mass is 350 g/mol. The summed E-state index contributed by atoms with van der Waals surface area (Å²) >= 11 is 0. The van der Waals surface area contributed by atoms with Gasteiger partial charge in [-0.05, 0) is 37.1 Å². The minimum atomic E-state index is -3.60. The molecule has 1 heterocycles. The Balaban J connectivity index is 1.96. The van der Waals surface area contributed by atoms with E-state index in [0.717, 1.165) is 18.5 Å². The highest BCUT2D eigenvalue weighted by Crippen LogP contribution is 2.36. The van der Waals surface area contributed by atoms with Crippen molar-refractivity contribution >= 4 is 10.0 Å². The molecular weight excluding hydrogens is 328 g/mol. The minimum Gasteiger partial charge on any atom is -0.493 e. The normalized spacial score (nSPS) is 14.8. The van der Waals surface area contributed by atoms with Crippen LogP contribution in [0.4, 0.5) is 0 Å². The Morgan fingerprint density at radius 2 is 1.88 bits per heavy atom. The van der Waals surface area contributed by atoms with E-state index in [1.807, 2.05) is 29.9 Å². The first-order chi connectivity index (χ1) is 11.5. The van der Waals surface area contributed by atoms with Crippen LogP contribution in [0.15, 0.2) is 41.4 Å². The third kappa shape index (κ3) is 3.14. The Kier molecular flexibility index (Phi) is 4.56. The van der Waals surface area contributed by atoms with Crippen LogP contribution in [0, 0.1) is 0 Å². The van der Waals surface area contributed by atoms with Crippen molar-refractivity contribution in [2.45, 2.75) is 30.3 Å². The zero-order valence-corrected chi connectivity index (χ0v) is 14.9. The van der Waals surface area contributed by atoms with Crippen molar-refractivity contribution < 1.29 is 17.9 Å². The second-order valence-corrected chi connectivity index (χ2v) is 7.80. The number of benzene rings is 1. The molecule has 0 N–H and O–H groups in total. The van der Waals surface area contributed by atoms with Gasteiger partial charge in [0.2, 0.25) is 10.0 Å². The van der Waals surface area contributed by atoms with E-state index < -0.39 is 10.0 Å². The van der Waals surface area contributed by atoms with Gasteiger partial charge >= 0.3 is 0 Å². The second-order valence-electron chi connectivity index (χ2n) is 5.91. The molecule has 0 unspecified atom stereocenters. The minimum absolute atomic E-state index is 0.0676. The highest BCUT2D eigenvalue weighted by Gasteiger charge is 2.38. The van der Waals surface area contributed by atoms with E-state index in [2.05, 4.69) is 0 Å². The molecule has 0 aliphatic heterocycles. The molecule has 2 aromatic rings. The van der Waals surface area contributed by atoms with Crippen molar-refractivity contribution in [3.05, 3.63) is 42.2 Å². The van der Waals surface area contributed by atoms with Crippen molar-refractivity contribution in [3.8, 4) is 11.5 Å².